The van der Waals surface area contributed by atoms with Crippen molar-refractivity contribution < 1.29 is 9.53 Å². The summed E-state index contributed by atoms with van der Waals surface area (Å²) >= 11 is 0. The van der Waals surface area contributed by atoms with Crippen LogP contribution in [0.25, 0.3) is 0 Å². The number of benzene rings is 1. The van der Waals surface area contributed by atoms with Crippen molar-refractivity contribution in [2.24, 2.45) is 0 Å². The summed E-state index contributed by atoms with van der Waals surface area (Å²) in [6.07, 6.45) is 9.93. The lowest BCUT2D eigenvalue weighted by atomic mass is 10.1. The van der Waals surface area contributed by atoms with Crippen LogP contribution in [0.4, 0.5) is 11.6 Å². The molecule has 0 spiro atoms. The molecule has 142 valence electrons. The van der Waals surface area contributed by atoms with Crippen molar-refractivity contribution in [3.05, 3.63) is 66.5 Å². The van der Waals surface area contributed by atoms with Crippen molar-refractivity contribution in [2.75, 3.05) is 19.0 Å². The molecule has 1 atom stereocenters. The van der Waals surface area contributed by atoms with Crippen LogP contribution in [0.5, 0.6) is 5.75 Å². The lowest BCUT2D eigenvalue weighted by Crippen LogP contribution is -2.31. The number of hydrogen-bond donors (Lipinski definition) is 1. The summed E-state index contributed by atoms with van der Waals surface area (Å²) in [5, 5.41) is 3.09. The van der Waals surface area contributed by atoms with Crippen LogP contribution < -0.4 is 10.1 Å². The van der Waals surface area contributed by atoms with Gasteiger partial charge in [-0.05, 0) is 31.0 Å². The monoisotopic (exact) mass is 376 g/mol. The summed E-state index contributed by atoms with van der Waals surface area (Å²) in [5.74, 6) is 1.79. The minimum atomic E-state index is -0.116. The van der Waals surface area contributed by atoms with Gasteiger partial charge in [-0.1, -0.05) is 6.07 Å². The highest BCUT2D eigenvalue weighted by molar-refractivity contribution is 5.95. The number of likely N-dealkylation sites (tertiary alicyclic amines) is 1. The van der Waals surface area contributed by atoms with Gasteiger partial charge in [0.25, 0.3) is 5.91 Å². The third kappa shape index (κ3) is 3.75. The standard InChI is InChI=1S/C20H20N6O2/c1-28-15-5-2-4-14(10-15)20(27)26-9-3-6-17(26)16-11-22-13-19(24-16)25-18-12-21-7-8-23-18/h2,4-5,7-8,10-13,17H,3,6,9H2,1H3,(H,23,24,25)/t17-/m1/s1. The summed E-state index contributed by atoms with van der Waals surface area (Å²) in [7, 11) is 1.59. The van der Waals surface area contributed by atoms with Crippen molar-refractivity contribution in [2.45, 2.75) is 18.9 Å². The Morgan fingerprint density at radius 2 is 2.07 bits per heavy atom. The topological polar surface area (TPSA) is 93.1 Å². The lowest BCUT2D eigenvalue weighted by Gasteiger charge is -2.24. The molecule has 0 bridgehead atoms. The zero-order valence-electron chi connectivity index (χ0n) is 15.4. The third-order valence-electron chi connectivity index (χ3n) is 4.64. The highest BCUT2D eigenvalue weighted by atomic mass is 16.5. The van der Waals surface area contributed by atoms with Crippen LogP contribution >= 0.6 is 0 Å². The smallest absolute Gasteiger partial charge is 0.254 e. The number of aromatic nitrogens is 4. The van der Waals surface area contributed by atoms with Crippen LogP contribution in [-0.4, -0.2) is 44.4 Å². The maximum Gasteiger partial charge on any atom is 0.254 e. The molecule has 8 heteroatoms. The van der Waals surface area contributed by atoms with E-state index in [2.05, 4.69) is 25.3 Å². The Kier molecular flexibility index (Phi) is 5.09. The molecule has 0 aliphatic carbocycles. The molecule has 1 fully saturated rings. The molecule has 1 saturated heterocycles. The Hall–Kier alpha value is -3.55. The van der Waals surface area contributed by atoms with Gasteiger partial charge < -0.3 is 15.0 Å². The summed E-state index contributed by atoms with van der Waals surface area (Å²) < 4.78 is 5.24. The summed E-state index contributed by atoms with van der Waals surface area (Å²) in [4.78, 5) is 32.1. The molecule has 0 radical (unpaired) electrons. The lowest BCUT2D eigenvalue weighted by molar-refractivity contribution is 0.0732. The van der Waals surface area contributed by atoms with Gasteiger partial charge in [-0.15, -0.1) is 0 Å². The van der Waals surface area contributed by atoms with Crippen LogP contribution in [0.15, 0.2) is 55.2 Å². The van der Waals surface area contributed by atoms with E-state index in [1.54, 1.807) is 50.2 Å². The number of methoxy groups -OCH3 is 1. The highest BCUT2D eigenvalue weighted by Crippen LogP contribution is 2.32. The second kappa shape index (κ2) is 7.99. The minimum Gasteiger partial charge on any atom is -0.497 e. The van der Waals surface area contributed by atoms with E-state index in [1.807, 2.05) is 17.0 Å². The van der Waals surface area contributed by atoms with Gasteiger partial charge in [-0.25, -0.2) is 9.97 Å². The average molecular weight is 376 g/mol. The number of carbonyl (C=O) groups is 1. The first-order valence-corrected chi connectivity index (χ1v) is 9.04. The number of nitrogens with one attached hydrogen (secondary N) is 1. The first-order chi connectivity index (χ1) is 13.7. The number of hydrogen-bond acceptors (Lipinski definition) is 7. The van der Waals surface area contributed by atoms with Crippen LogP contribution in [0.3, 0.4) is 0 Å². The Bertz CT molecular complexity index is 966. The molecule has 1 aliphatic heterocycles. The molecule has 8 nitrogen and oxygen atoms in total. The van der Waals surface area contributed by atoms with Crippen molar-refractivity contribution in [1.29, 1.82) is 0 Å². The zero-order valence-corrected chi connectivity index (χ0v) is 15.4. The molecule has 0 unspecified atom stereocenters. The van der Waals surface area contributed by atoms with E-state index in [-0.39, 0.29) is 11.9 Å². The number of carbonyl (C=O) groups excluding carboxylic acids is 1. The quantitative estimate of drug-likeness (QED) is 0.731. The molecule has 1 amide bonds. The molecule has 1 N–H and O–H groups in total. The molecule has 3 heterocycles. The first-order valence-electron chi connectivity index (χ1n) is 9.04. The Balaban J connectivity index is 1.56. The fourth-order valence-corrected chi connectivity index (χ4v) is 3.34. The van der Waals surface area contributed by atoms with Gasteiger partial charge in [0, 0.05) is 24.5 Å². The number of anilines is 2. The summed E-state index contributed by atoms with van der Waals surface area (Å²) in [6, 6.07) is 7.09. The van der Waals surface area contributed by atoms with Gasteiger partial charge in [-0.3, -0.25) is 14.8 Å². The summed E-state index contributed by atoms with van der Waals surface area (Å²) in [6.45, 7) is 0.685. The van der Waals surface area contributed by atoms with Crippen molar-refractivity contribution in [3.63, 3.8) is 0 Å². The van der Waals surface area contributed by atoms with E-state index in [1.165, 1.54) is 0 Å². The molecule has 3 aromatic rings. The van der Waals surface area contributed by atoms with Gasteiger partial charge in [0.2, 0.25) is 0 Å². The minimum absolute atomic E-state index is 0.0320. The molecule has 4 rings (SSSR count). The molecule has 28 heavy (non-hydrogen) atoms. The highest BCUT2D eigenvalue weighted by Gasteiger charge is 2.32. The van der Waals surface area contributed by atoms with Crippen molar-refractivity contribution in [1.82, 2.24) is 24.8 Å². The van der Waals surface area contributed by atoms with Crippen LogP contribution in [0.2, 0.25) is 0 Å². The van der Waals surface area contributed by atoms with Gasteiger partial charge in [0.1, 0.15) is 17.4 Å². The van der Waals surface area contributed by atoms with Crippen molar-refractivity contribution >= 4 is 17.5 Å². The first kappa shape index (κ1) is 17.8. The van der Waals surface area contributed by atoms with Crippen LogP contribution in [-0.2, 0) is 0 Å². The maximum atomic E-state index is 13.1. The second-order valence-corrected chi connectivity index (χ2v) is 6.43. The average Bonchev–Trinajstić information content (AvgIpc) is 3.24. The zero-order chi connectivity index (χ0) is 19.3. The number of rotatable bonds is 5. The normalized spacial score (nSPS) is 16.0. The van der Waals surface area contributed by atoms with E-state index in [0.29, 0.717) is 29.5 Å². The van der Waals surface area contributed by atoms with E-state index in [9.17, 15) is 4.79 Å². The fraction of sp³-hybridized carbons (Fsp3) is 0.250. The van der Waals surface area contributed by atoms with E-state index >= 15 is 0 Å². The summed E-state index contributed by atoms with van der Waals surface area (Å²) in [5.41, 5.74) is 1.36. The molecular weight excluding hydrogens is 356 g/mol. The fourth-order valence-electron chi connectivity index (χ4n) is 3.34. The number of ether oxygens (including phenoxy) is 1. The number of nitrogens with zero attached hydrogens (tertiary/aromatic N) is 5. The maximum absolute atomic E-state index is 13.1. The van der Waals surface area contributed by atoms with E-state index in [0.717, 1.165) is 18.5 Å². The van der Waals surface area contributed by atoms with Crippen LogP contribution in [0, 0.1) is 0 Å². The molecule has 1 aromatic carbocycles. The Morgan fingerprint density at radius 1 is 1.18 bits per heavy atom. The van der Waals surface area contributed by atoms with Crippen molar-refractivity contribution in [3.8, 4) is 5.75 Å². The molecule has 2 aromatic heterocycles. The van der Waals surface area contributed by atoms with Gasteiger partial charge >= 0.3 is 0 Å². The molecule has 1 aliphatic rings. The van der Waals surface area contributed by atoms with Gasteiger partial charge in [-0.2, -0.15) is 0 Å². The molecule has 0 saturated carbocycles. The second-order valence-electron chi connectivity index (χ2n) is 6.43. The predicted molar refractivity (Wildman–Crippen MR) is 103 cm³/mol. The van der Waals surface area contributed by atoms with E-state index in [4.69, 9.17) is 4.74 Å². The molecular formula is C20H20N6O2. The van der Waals surface area contributed by atoms with Gasteiger partial charge in [0.05, 0.1) is 37.4 Å². The largest absolute Gasteiger partial charge is 0.497 e. The SMILES string of the molecule is COc1cccc(C(=O)N2CCC[C@@H]2c2cncc(Nc3cnccn3)n2)c1. The van der Waals surface area contributed by atoms with E-state index < -0.39 is 0 Å². The number of amides is 1. The third-order valence-corrected chi connectivity index (χ3v) is 4.64. The van der Waals surface area contributed by atoms with Crippen LogP contribution in [0.1, 0.15) is 34.9 Å². The predicted octanol–water partition coefficient (Wildman–Crippen LogP) is 3.00. The Morgan fingerprint density at radius 3 is 2.89 bits per heavy atom. The van der Waals surface area contributed by atoms with Gasteiger partial charge in [0.15, 0.2) is 0 Å². The Labute approximate surface area is 162 Å².